The van der Waals surface area contributed by atoms with Gasteiger partial charge in [-0.25, -0.2) is 4.79 Å². The lowest BCUT2D eigenvalue weighted by Gasteiger charge is -2.33. The molecule has 8 nitrogen and oxygen atoms in total. The van der Waals surface area contributed by atoms with Crippen LogP contribution in [0.1, 0.15) is 41.5 Å². The van der Waals surface area contributed by atoms with Crippen molar-refractivity contribution in [1.29, 1.82) is 0 Å². The molecule has 32 heavy (non-hydrogen) atoms. The van der Waals surface area contributed by atoms with Crippen molar-refractivity contribution < 1.29 is 33.3 Å². The van der Waals surface area contributed by atoms with Crippen LogP contribution in [0.4, 0.5) is 4.79 Å². The SMILES string of the molecule is CCOc1ccccc1OCC1CN(C(=O)OC(OC(=O)[C@H](C)C(C)C)C(C)C)CCO1. The number of ether oxygens (including phenoxy) is 5. The summed E-state index contributed by atoms with van der Waals surface area (Å²) < 4.78 is 28.2. The summed E-state index contributed by atoms with van der Waals surface area (Å²) in [4.78, 5) is 26.6. The van der Waals surface area contributed by atoms with Crippen molar-refractivity contribution in [3.05, 3.63) is 24.3 Å². The molecule has 1 fully saturated rings. The van der Waals surface area contributed by atoms with Gasteiger partial charge in [0.15, 0.2) is 11.5 Å². The van der Waals surface area contributed by atoms with Crippen LogP contribution in [-0.4, -0.2) is 62.3 Å². The maximum Gasteiger partial charge on any atom is 0.413 e. The Morgan fingerprint density at radius 2 is 1.69 bits per heavy atom. The maximum atomic E-state index is 12.8. The topological polar surface area (TPSA) is 83.5 Å². The van der Waals surface area contributed by atoms with Crippen LogP contribution >= 0.6 is 0 Å². The first-order valence-corrected chi connectivity index (χ1v) is 11.3. The molecule has 0 aromatic heterocycles. The normalized spacial score (nSPS) is 18.2. The van der Waals surface area contributed by atoms with Crippen LogP contribution in [0.25, 0.3) is 0 Å². The zero-order valence-corrected chi connectivity index (χ0v) is 20.0. The molecule has 2 unspecified atom stereocenters. The van der Waals surface area contributed by atoms with Gasteiger partial charge in [-0.2, -0.15) is 0 Å². The van der Waals surface area contributed by atoms with E-state index >= 15 is 0 Å². The Morgan fingerprint density at radius 1 is 1.03 bits per heavy atom. The Kier molecular flexibility index (Phi) is 10.1. The van der Waals surface area contributed by atoms with Crippen molar-refractivity contribution in [3.63, 3.8) is 0 Å². The Labute approximate surface area is 191 Å². The van der Waals surface area contributed by atoms with Crippen LogP contribution in [0.2, 0.25) is 0 Å². The van der Waals surface area contributed by atoms with Gasteiger partial charge in [0.1, 0.15) is 12.7 Å². The second-order valence-electron chi connectivity index (χ2n) is 8.60. The summed E-state index contributed by atoms with van der Waals surface area (Å²) in [6.07, 6.45) is -1.78. The van der Waals surface area contributed by atoms with Gasteiger partial charge in [-0.05, 0) is 25.0 Å². The van der Waals surface area contributed by atoms with Gasteiger partial charge in [0.25, 0.3) is 6.29 Å². The second-order valence-corrected chi connectivity index (χ2v) is 8.60. The van der Waals surface area contributed by atoms with Gasteiger partial charge in [-0.15, -0.1) is 0 Å². The number of rotatable bonds is 10. The van der Waals surface area contributed by atoms with Crippen molar-refractivity contribution in [2.75, 3.05) is 32.9 Å². The third-order valence-corrected chi connectivity index (χ3v) is 5.34. The molecule has 0 spiro atoms. The molecule has 1 aliphatic rings. The van der Waals surface area contributed by atoms with Crippen LogP contribution in [-0.2, 0) is 19.0 Å². The lowest BCUT2D eigenvalue weighted by atomic mass is 9.98. The van der Waals surface area contributed by atoms with E-state index in [0.717, 1.165) is 0 Å². The number of hydrogen-bond donors (Lipinski definition) is 0. The zero-order chi connectivity index (χ0) is 23.7. The molecule has 1 saturated heterocycles. The Balaban J connectivity index is 1.91. The molecular weight excluding hydrogens is 414 g/mol. The van der Waals surface area contributed by atoms with Gasteiger partial charge in [0.05, 0.1) is 25.7 Å². The zero-order valence-electron chi connectivity index (χ0n) is 20.0. The van der Waals surface area contributed by atoms with E-state index in [1.54, 1.807) is 4.90 Å². The smallest absolute Gasteiger partial charge is 0.413 e. The average molecular weight is 452 g/mol. The van der Waals surface area contributed by atoms with Crippen LogP contribution in [0.15, 0.2) is 24.3 Å². The number of morpholine rings is 1. The van der Waals surface area contributed by atoms with Gasteiger partial charge < -0.3 is 28.6 Å². The molecule has 2 rings (SSSR count). The monoisotopic (exact) mass is 451 g/mol. The lowest BCUT2D eigenvalue weighted by molar-refractivity contribution is -0.183. The van der Waals surface area contributed by atoms with E-state index in [-0.39, 0.29) is 36.4 Å². The third-order valence-electron chi connectivity index (χ3n) is 5.34. The molecule has 0 N–H and O–H groups in total. The summed E-state index contributed by atoms with van der Waals surface area (Å²) in [5.41, 5.74) is 0. The summed E-state index contributed by atoms with van der Waals surface area (Å²) in [5.74, 6) is 0.617. The molecule has 1 aromatic rings. The highest BCUT2D eigenvalue weighted by atomic mass is 16.7. The second kappa shape index (κ2) is 12.5. The number of benzene rings is 1. The first kappa shape index (κ1) is 25.8. The first-order chi connectivity index (χ1) is 15.2. The molecule has 0 radical (unpaired) electrons. The van der Waals surface area contributed by atoms with Gasteiger partial charge in [0, 0.05) is 12.5 Å². The fourth-order valence-corrected chi connectivity index (χ4v) is 2.98. The van der Waals surface area contributed by atoms with Crippen LogP contribution < -0.4 is 9.47 Å². The van der Waals surface area contributed by atoms with Crippen molar-refractivity contribution >= 4 is 12.1 Å². The first-order valence-electron chi connectivity index (χ1n) is 11.3. The predicted octanol–water partition coefficient (Wildman–Crippen LogP) is 4.12. The van der Waals surface area contributed by atoms with E-state index < -0.39 is 12.4 Å². The average Bonchev–Trinajstić information content (AvgIpc) is 2.77. The number of para-hydroxylation sites is 2. The van der Waals surface area contributed by atoms with Gasteiger partial charge in [0.2, 0.25) is 0 Å². The number of nitrogens with zero attached hydrogens (tertiary/aromatic N) is 1. The highest BCUT2D eigenvalue weighted by Gasteiger charge is 2.31. The van der Waals surface area contributed by atoms with E-state index in [0.29, 0.717) is 37.8 Å². The Hall–Kier alpha value is -2.48. The molecule has 180 valence electrons. The van der Waals surface area contributed by atoms with Crippen molar-refractivity contribution in [3.8, 4) is 11.5 Å². The Bertz CT molecular complexity index is 737. The number of hydrogen-bond acceptors (Lipinski definition) is 7. The highest BCUT2D eigenvalue weighted by Crippen LogP contribution is 2.27. The quantitative estimate of drug-likeness (QED) is 0.391. The van der Waals surface area contributed by atoms with Gasteiger partial charge in [-0.3, -0.25) is 4.79 Å². The van der Waals surface area contributed by atoms with Crippen LogP contribution in [0, 0.1) is 17.8 Å². The number of esters is 1. The van der Waals surface area contributed by atoms with Crippen LogP contribution in [0.3, 0.4) is 0 Å². The van der Waals surface area contributed by atoms with E-state index in [4.69, 9.17) is 23.7 Å². The molecule has 8 heteroatoms. The van der Waals surface area contributed by atoms with Crippen LogP contribution in [0.5, 0.6) is 11.5 Å². The Morgan fingerprint density at radius 3 is 2.28 bits per heavy atom. The minimum Gasteiger partial charge on any atom is -0.490 e. The van der Waals surface area contributed by atoms with E-state index in [2.05, 4.69) is 0 Å². The summed E-state index contributed by atoms with van der Waals surface area (Å²) in [5, 5.41) is 0. The summed E-state index contributed by atoms with van der Waals surface area (Å²) in [7, 11) is 0. The van der Waals surface area contributed by atoms with Crippen molar-refractivity contribution in [2.24, 2.45) is 17.8 Å². The fourth-order valence-electron chi connectivity index (χ4n) is 2.98. The largest absolute Gasteiger partial charge is 0.490 e. The fraction of sp³-hybridized carbons (Fsp3) is 0.667. The molecule has 0 aliphatic carbocycles. The summed E-state index contributed by atoms with van der Waals surface area (Å²) in [6, 6.07) is 7.43. The van der Waals surface area contributed by atoms with Gasteiger partial charge in [-0.1, -0.05) is 46.8 Å². The van der Waals surface area contributed by atoms with Crippen molar-refractivity contribution in [2.45, 2.75) is 53.9 Å². The molecule has 1 aliphatic heterocycles. The van der Waals surface area contributed by atoms with E-state index in [1.165, 1.54) is 0 Å². The van der Waals surface area contributed by atoms with E-state index in [9.17, 15) is 9.59 Å². The minimum atomic E-state index is -0.938. The minimum absolute atomic E-state index is 0.138. The molecule has 0 saturated carbocycles. The number of carbonyl (C=O) groups is 2. The molecular formula is C24H37NO7. The number of amides is 1. The molecule has 1 aromatic carbocycles. The maximum absolute atomic E-state index is 12.8. The molecule has 1 amide bonds. The summed E-state index contributed by atoms with van der Waals surface area (Å²) >= 11 is 0. The molecule has 1 heterocycles. The predicted molar refractivity (Wildman–Crippen MR) is 120 cm³/mol. The van der Waals surface area contributed by atoms with Gasteiger partial charge >= 0.3 is 12.1 Å². The third kappa shape index (κ3) is 7.58. The molecule has 3 atom stereocenters. The van der Waals surface area contributed by atoms with Crippen molar-refractivity contribution in [1.82, 2.24) is 4.90 Å². The van der Waals surface area contributed by atoms with E-state index in [1.807, 2.05) is 65.8 Å². The highest BCUT2D eigenvalue weighted by molar-refractivity contribution is 5.73. The standard InChI is InChI=1S/C24H37NO7/c1-7-28-20-10-8-9-11-21(20)30-15-19-14-25(12-13-29-19)24(27)32-23(17(4)5)31-22(26)18(6)16(2)3/h8-11,16-19,23H,7,12-15H2,1-6H3/t18-,19?,23?/m1/s1. The summed E-state index contributed by atoms with van der Waals surface area (Å²) in [6.45, 7) is 13.2. The number of carbonyl (C=O) groups excluding carboxylic acids is 2. The lowest BCUT2D eigenvalue weighted by Crippen LogP contribution is -2.49. The molecule has 0 bridgehead atoms.